The van der Waals surface area contributed by atoms with Crippen molar-refractivity contribution >= 4 is 22.5 Å². The van der Waals surface area contributed by atoms with Crippen LogP contribution in [0, 0.1) is 0 Å². The number of carbonyl (C=O) groups is 1. The van der Waals surface area contributed by atoms with Crippen molar-refractivity contribution in [1.29, 1.82) is 0 Å². The van der Waals surface area contributed by atoms with Gasteiger partial charge >= 0.3 is 0 Å². The fourth-order valence-corrected chi connectivity index (χ4v) is 3.38. The van der Waals surface area contributed by atoms with Crippen LogP contribution in [0.2, 0.25) is 0 Å². The van der Waals surface area contributed by atoms with Crippen molar-refractivity contribution < 1.29 is 4.79 Å². The Bertz CT molecular complexity index is 959. The van der Waals surface area contributed by atoms with E-state index >= 15 is 0 Å². The number of rotatable bonds is 3. The molecule has 0 bridgehead atoms. The fraction of sp³-hybridized carbons (Fsp3) is 0.263. The molecule has 1 aliphatic rings. The number of amides is 1. The first kappa shape index (κ1) is 16.4. The van der Waals surface area contributed by atoms with E-state index in [0.29, 0.717) is 22.8 Å². The van der Waals surface area contributed by atoms with Gasteiger partial charge in [0.15, 0.2) is 0 Å². The number of benzene rings is 1. The highest BCUT2D eigenvalue weighted by Crippen LogP contribution is 2.31. The summed E-state index contributed by atoms with van der Waals surface area (Å²) in [6.07, 6.45) is 1.72. The van der Waals surface area contributed by atoms with Crippen molar-refractivity contribution in [2.24, 2.45) is 5.73 Å². The Kier molecular flexibility index (Phi) is 4.22. The van der Waals surface area contributed by atoms with E-state index in [9.17, 15) is 4.79 Å². The van der Waals surface area contributed by atoms with Crippen LogP contribution in [0.1, 0.15) is 17.3 Å². The molecule has 7 nitrogen and oxygen atoms in total. The van der Waals surface area contributed by atoms with Gasteiger partial charge < -0.3 is 16.0 Å². The maximum Gasteiger partial charge on any atom is 0.250 e. The van der Waals surface area contributed by atoms with Crippen molar-refractivity contribution in [2.45, 2.75) is 13.0 Å². The van der Waals surface area contributed by atoms with Crippen molar-refractivity contribution in [2.75, 3.05) is 24.5 Å². The number of carbonyl (C=O) groups excluding carboxylic acids is 1. The minimum absolute atomic E-state index is 0.381. The molecule has 0 spiro atoms. The van der Waals surface area contributed by atoms with Crippen LogP contribution in [0.5, 0.6) is 0 Å². The largest absolute Gasteiger partial charge is 0.368 e. The Balaban J connectivity index is 1.90. The van der Waals surface area contributed by atoms with Crippen molar-refractivity contribution in [3.8, 4) is 11.4 Å². The zero-order valence-corrected chi connectivity index (χ0v) is 14.5. The van der Waals surface area contributed by atoms with Crippen LogP contribution in [0.3, 0.4) is 0 Å². The third kappa shape index (κ3) is 2.97. The van der Waals surface area contributed by atoms with Crippen molar-refractivity contribution in [3.05, 3.63) is 48.2 Å². The molecule has 1 saturated heterocycles. The average molecular weight is 348 g/mol. The van der Waals surface area contributed by atoms with E-state index in [1.807, 2.05) is 30.3 Å². The third-order valence-electron chi connectivity index (χ3n) is 4.64. The smallest absolute Gasteiger partial charge is 0.250 e. The molecule has 1 atom stereocenters. The van der Waals surface area contributed by atoms with E-state index in [2.05, 4.69) is 32.3 Å². The number of fused-ring (bicyclic) bond motifs is 1. The number of nitrogens with one attached hydrogen (secondary N) is 1. The SMILES string of the molecule is CC1CN(c2ccc(C(N)=O)c3nnc(-c4ccccn4)cc23)CCN1. The molecule has 3 N–H and O–H groups in total. The van der Waals surface area contributed by atoms with E-state index in [-0.39, 0.29) is 0 Å². The lowest BCUT2D eigenvalue weighted by Gasteiger charge is -2.34. The summed E-state index contributed by atoms with van der Waals surface area (Å²) in [5.41, 5.74) is 8.89. The van der Waals surface area contributed by atoms with E-state index in [4.69, 9.17) is 5.73 Å². The number of aromatic nitrogens is 3. The molecule has 0 aliphatic carbocycles. The molecule has 1 amide bonds. The summed E-state index contributed by atoms with van der Waals surface area (Å²) in [7, 11) is 0. The van der Waals surface area contributed by atoms with Crippen LogP contribution in [0.15, 0.2) is 42.6 Å². The summed E-state index contributed by atoms with van der Waals surface area (Å²) in [5.74, 6) is -0.505. The van der Waals surface area contributed by atoms with Crippen LogP contribution in [-0.2, 0) is 0 Å². The van der Waals surface area contributed by atoms with Gasteiger partial charge in [0.1, 0.15) is 11.2 Å². The van der Waals surface area contributed by atoms with Gasteiger partial charge in [-0.3, -0.25) is 9.78 Å². The summed E-state index contributed by atoms with van der Waals surface area (Å²) < 4.78 is 0. The van der Waals surface area contributed by atoms with Gasteiger partial charge in [-0.2, -0.15) is 0 Å². The second-order valence-electron chi connectivity index (χ2n) is 6.50. The molecule has 0 saturated carbocycles. The summed E-state index contributed by atoms with van der Waals surface area (Å²) in [6, 6.07) is 11.7. The summed E-state index contributed by atoms with van der Waals surface area (Å²) in [6.45, 7) is 4.83. The van der Waals surface area contributed by atoms with Crippen LogP contribution < -0.4 is 16.0 Å². The number of hydrogen-bond donors (Lipinski definition) is 2. The van der Waals surface area contributed by atoms with Gasteiger partial charge in [-0.25, -0.2) is 0 Å². The van der Waals surface area contributed by atoms with Crippen LogP contribution >= 0.6 is 0 Å². The lowest BCUT2D eigenvalue weighted by molar-refractivity contribution is 0.100. The quantitative estimate of drug-likeness (QED) is 0.746. The number of hydrogen-bond acceptors (Lipinski definition) is 6. The van der Waals surface area contributed by atoms with Gasteiger partial charge in [0.2, 0.25) is 0 Å². The lowest BCUT2D eigenvalue weighted by Crippen LogP contribution is -2.49. The molecule has 0 radical (unpaired) electrons. The average Bonchev–Trinajstić information content (AvgIpc) is 2.67. The Hall–Kier alpha value is -3.06. The number of nitrogens with zero attached hydrogens (tertiary/aromatic N) is 4. The van der Waals surface area contributed by atoms with E-state index in [1.165, 1.54) is 0 Å². The summed E-state index contributed by atoms with van der Waals surface area (Å²) in [5, 5.41) is 12.9. The molecular formula is C19H20N6O. The normalized spacial score (nSPS) is 17.4. The minimum Gasteiger partial charge on any atom is -0.368 e. The van der Waals surface area contributed by atoms with E-state index in [1.54, 1.807) is 12.3 Å². The second kappa shape index (κ2) is 6.68. The first-order valence-electron chi connectivity index (χ1n) is 8.63. The van der Waals surface area contributed by atoms with Crippen molar-refractivity contribution in [1.82, 2.24) is 20.5 Å². The number of anilines is 1. The molecule has 1 unspecified atom stereocenters. The number of nitrogens with two attached hydrogens (primary N) is 1. The molecule has 2 aromatic heterocycles. The number of pyridine rings is 1. The summed E-state index contributed by atoms with van der Waals surface area (Å²) >= 11 is 0. The lowest BCUT2D eigenvalue weighted by atomic mass is 10.0. The van der Waals surface area contributed by atoms with Crippen LogP contribution in [0.4, 0.5) is 5.69 Å². The highest BCUT2D eigenvalue weighted by Gasteiger charge is 2.21. The molecule has 7 heteroatoms. The Morgan fingerprint density at radius 3 is 2.85 bits per heavy atom. The minimum atomic E-state index is -0.505. The van der Waals surface area contributed by atoms with Gasteiger partial charge in [0.05, 0.1) is 11.3 Å². The molecular weight excluding hydrogens is 328 g/mol. The first-order chi connectivity index (χ1) is 12.6. The topological polar surface area (TPSA) is 97.0 Å². The van der Waals surface area contributed by atoms with E-state index < -0.39 is 5.91 Å². The van der Waals surface area contributed by atoms with Gasteiger partial charge in [-0.1, -0.05) is 6.07 Å². The Morgan fingerprint density at radius 1 is 1.23 bits per heavy atom. The van der Waals surface area contributed by atoms with E-state index in [0.717, 1.165) is 36.4 Å². The van der Waals surface area contributed by atoms with Crippen LogP contribution in [-0.4, -0.2) is 46.8 Å². The second-order valence-corrected chi connectivity index (χ2v) is 6.50. The standard InChI is InChI=1S/C19H20N6O/c1-12-11-25(9-8-21-12)17-6-5-13(19(20)26)18-14(17)10-16(23-24-18)15-4-2-3-7-22-15/h2-7,10,12,21H,8-9,11H2,1H3,(H2,20,26). The summed E-state index contributed by atoms with van der Waals surface area (Å²) in [4.78, 5) is 18.5. The Morgan fingerprint density at radius 2 is 2.12 bits per heavy atom. The highest BCUT2D eigenvalue weighted by atomic mass is 16.1. The van der Waals surface area contributed by atoms with Gasteiger partial charge in [0.25, 0.3) is 5.91 Å². The maximum absolute atomic E-state index is 11.8. The molecule has 1 aromatic carbocycles. The molecule has 26 heavy (non-hydrogen) atoms. The van der Waals surface area contributed by atoms with Crippen molar-refractivity contribution in [3.63, 3.8) is 0 Å². The monoisotopic (exact) mass is 348 g/mol. The predicted octanol–water partition coefficient (Wildman–Crippen LogP) is 1.59. The molecule has 1 aliphatic heterocycles. The van der Waals surface area contributed by atoms with Crippen LogP contribution in [0.25, 0.3) is 22.3 Å². The molecule has 1 fully saturated rings. The first-order valence-corrected chi connectivity index (χ1v) is 8.63. The molecule has 4 rings (SSSR count). The third-order valence-corrected chi connectivity index (χ3v) is 4.64. The predicted molar refractivity (Wildman–Crippen MR) is 101 cm³/mol. The fourth-order valence-electron chi connectivity index (χ4n) is 3.38. The zero-order valence-electron chi connectivity index (χ0n) is 14.5. The molecule has 132 valence electrons. The van der Waals surface area contributed by atoms with Gasteiger partial charge in [-0.15, -0.1) is 10.2 Å². The maximum atomic E-state index is 11.8. The number of piperazine rings is 1. The van der Waals surface area contributed by atoms with Gasteiger partial charge in [0, 0.05) is 42.9 Å². The molecule has 3 aromatic rings. The Labute approximate surface area is 151 Å². The van der Waals surface area contributed by atoms with Gasteiger partial charge in [-0.05, 0) is 37.3 Å². The number of primary amides is 1. The highest BCUT2D eigenvalue weighted by molar-refractivity contribution is 6.08. The zero-order chi connectivity index (χ0) is 18.1. The molecule has 3 heterocycles.